The van der Waals surface area contributed by atoms with Crippen LogP contribution in [0.5, 0.6) is 0 Å². The lowest BCUT2D eigenvalue weighted by molar-refractivity contribution is 0.0690. The summed E-state index contributed by atoms with van der Waals surface area (Å²) < 4.78 is 1.55. The zero-order valence-electron chi connectivity index (χ0n) is 9.72. The second kappa shape index (κ2) is 4.66. The first-order valence-electron chi connectivity index (χ1n) is 5.54. The lowest BCUT2D eigenvalue weighted by atomic mass is 10.3. The standard InChI is InChI=1S/C13H9N3O2S/c17-13(18)9-8-10(11-4-3-7-19-11)16(15-9)12-5-1-2-6-14-12/h1-8H,(H,17,18). The Morgan fingerprint density at radius 1 is 1.26 bits per heavy atom. The van der Waals surface area contributed by atoms with Gasteiger partial charge in [0.05, 0.1) is 10.6 Å². The van der Waals surface area contributed by atoms with Crippen LogP contribution < -0.4 is 0 Å². The van der Waals surface area contributed by atoms with Crippen molar-refractivity contribution in [3.8, 4) is 16.4 Å². The lowest BCUT2D eigenvalue weighted by Gasteiger charge is -2.03. The maximum absolute atomic E-state index is 11.1. The number of aromatic nitrogens is 3. The van der Waals surface area contributed by atoms with E-state index in [4.69, 9.17) is 5.11 Å². The van der Waals surface area contributed by atoms with Gasteiger partial charge in [0, 0.05) is 12.3 Å². The topological polar surface area (TPSA) is 68.0 Å². The van der Waals surface area contributed by atoms with Gasteiger partial charge >= 0.3 is 5.97 Å². The highest BCUT2D eigenvalue weighted by Gasteiger charge is 2.16. The van der Waals surface area contributed by atoms with Gasteiger partial charge in [0.15, 0.2) is 11.5 Å². The number of nitrogens with zero attached hydrogens (tertiary/aromatic N) is 3. The molecule has 6 heteroatoms. The van der Waals surface area contributed by atoms with E-state index in [1.807, 2.05) is 23.6 Å². The third kappa shape index (κ3) is 2.13. The molecule has 3 aromatic rings. The van der Waals surface area contributed by atoms with Gasteiger partial charge in [0.25, 0.3) is 0 Å². The molecule has 0 aromatic carbocycles. The zero-order chi connectivity index (χ0) is 13.2. The number of carboxylic acid groups (broad SMARTS) is 1. The van der Waals surface area contributed by atoms with Crippen molar-refractivity contribution in [2.45, 2.75) is 0 Å². The van der Waals surface area contributed by atoms with Crippen molar-refractivity contribution in [3.05, 3.63) is 53.7 Å². The third-order valence-electron chi connectivity index (χ3n) is 2.57. The van der Waals surface area contributed by atoms with E-state index in [-0.39, 0.29) is 5.69 Å². The molecule has 0 atom stereocenters. The van der Waals surface area contributed by atoms with Crippen LogP contribution in [0.3, 0.4) is 0 Å². The highest BCUT2D eigenvalue weighted by molar-refractivity contribution is 7.13. The number of thiophene rings is 1. The fourth-order valence-electron chi connectivity index (χ4n) is 1.74. The largest absolute Gasteiger partial charge is 0.476 e. The molecule has 0 saturated carbocycles. The SMILES string of the molecule is O=C(O)c1cc(-c2cccs2)n(-c2ccccn2)n1. The molecule has 3 rings (SSSR count). The van der Waals surface area contributed by atoms with E-state index >= 15 is 0 Å². The fraction of sp³-hybridized carbons (Fsp3) is 0. The average molecular weight is 271 g/mol. The van der Waals surface area contributed by atoms with Crippen LogP contribution in [-0.2, 0) is 0 Å². The molecule has 3 aromatic heterocycles. The molecule has 0 unspecified atom stereocenters. The first-order chi connectivity index (χ1) is 9.25. The number of pyridine rings is 1. The lowest BCUT2D eigenvalue weighted by Crippen LogP contribution is -2.03. The van der Waals surface area contributed by atoms with Crippen LogP contribution in [0.2, 0.25) is 0 Å². The molecule has 0 amide bonds. The van der Waals surface area contributed by atoms with Crippen LogP contribution in [0.1, 0.15) is 10.5 Å². The Morgan fingerprint density at radius 2 is 2.16 bits per heavy atom. The first-order valence-corrected chi connectivity index (χ1v) is 6.42. The number of aromatic carboxylic acids is 1. The highest BCUT2D eigenvalue weighted by Crippen LogP contribution is 2.27. The molecule has 0 saturated heterocycles. The van der Waals surface area contributed by atoms with Gasteiger partial charge in [0.2, 0.25) is 0 Å². The van der Waals surface area contributed by atoms with Crippen LogP contribution in [0, 0.1) is 0 Å². The second-order valence-corrected chi connectivity index (χ2v) is 4.74. The van der Waals surface area contributed by atoms with Crippen molar-refractivity contribution in [2.24, 2.45) is 0 Å². The molecule has 0 bridgehead atoms. The maximum atomic E-state index is 11.1. The summed E-state index contributed by atoms with van der Waals surface area (Å²) in [5.41, 5.74) is 0.736. The summed E-state index contributed by atoms with van der Waals surface area (Å²) in [4.78, 5) is 16.2. The van der Waals surface area contributed by atoms with Gasteiger partial charge in [-0.1, -0.05) is 12.1 Å². The summed E-state index contributed by atoms with van der Waals surface area (Å²) >= 11 is 1.53. The molecule has 0 aliphatic carbocycles. The van der Waals surface area contributed by atoms with Crippen molar-refractivity contribution < 1.29 is 9.90 Å². The van der Waals surface area contributed by atoms with Gasteiger partial charge in [-0.2, -0.15) is 5.10 Å². The Balaban J connectivity index is 2.20. The number of carboxylic acids is 1. The molecule has 0 radical (unpaired) electrons. The normalized spacial score (nSPS) is 10.5. The third-order valence-corrected chi connectivity index (χ3v) is 3.46. The summed E-state index contributed by atoms with van der Waals surface area (Å²) in [7, 11) is 0. The minimum atomic E-state index is -1.05. The molecule has 19 heavy (non-hydrogen) atoms. The van der Waals surface area contributed by atoms with Crippen LogP contribution >= 0.6 is 11.3 Å². The number of carbonyl (C=O) groups is 1. The molecular formula is C13H9N3O2S. The molecular weight excluding hydrogens is 262 g/mol. The Labute approximate surface area is 112 Å². The van der Waals surface area contributed by atoms with Gasteiger partial charge in [0.1, 0.15) is 0 Å². The van der Waals surface area contributed by atoms with Crippen molar-refractivity contribution in [1.29, 1.82) is 0 Å². The Kier molecular flexibility index (Phi) is 2.85. The average Bonchev–Trinajstić information content (AvgIpc) is 3.08. The maximum Gasteiger partial charge on any atom is 0.356 e. The molecule has 0 spiro atoms. The fourth-order valence-corrected chi connectivity index (χ4v) is 2.47. The van der Waals surface area contributed by atoms with Crippen LogP contribution in [-0.4, -0.2) is 25.8 Å². The minimum absolute atomic E-state index is 0.00838. The monoisotopic (exact) mass is 271 g/mol. The quantitative estimate of drug-likeness (QED) is 0.795. The van der Waals surface area contributed by atoms with E-state index in [0.717, 1.165) is 10.6 Å². The summed E-state index contributed by atoms with van der Waals surface area (Å²) in [5.74, 6) is -0.453. The summed E-state index contributed by atoms with van der Waals surface area (Å²) in [6, 6.07) is 10.8. The Bertz CT molecular complexity index is 705. The number of rotatable bonds is 3. The van der Waals surface area contributed by atoms with Crippen LogP contribution in [0.15, 0.2) is 48.0 Å². The van der Waals surface area contributed by atoms with Crippen molar-refractivity contribution >= 4 is 17.3 Å². The van der Waals surface area contributed by atoms with Crippen LogP contribution in [0.25, 0.3) is 16.4 Å². The molecule has 0 aliphatic rings. The molecule has 1 N–H and O–H groups in total. The molecule has 0 aliphatic heterocycles. The van der Waals surface area contributed by atoms with Gasteiger partial charge in [-0.05, 0) is 23.6 Å². The Hall–Kier alpha value is -2.47. The molecule has 3 heterocycles. The number of hydrogen-bond acceptors (Lipinski definition) is 4. The van der Waals surface area contributed by atoms with Crippen molar-refractivity contribution in [1.82, 2.24) is 14.8 Å². The van der Waals surface area contributed by atoms with Gasteiger partial charge in [-0.25, -0.2) is 14.5 Å². The van der Waals surface area contributed by atoms with Gasteiger partial charge < -0.3 is 5.11 Å². The van der Waals surface area contributed by atoms with E-state index in [1.54, 1.807) is 29.1 Å². The summed E-state index contributed by atoms with van der Waals surface area (Å²) in [6.07, 6.45) is 1.65. The van der Waals surface area contributed by atoms with E-state index < -0.39 is 5.97 Å². The predicted molar refractivity (Wildman–Crippen MR) is 71.6 cm³/mol. The molecule has 94 valence electrons. The molecule has 5 nitrogen and oxygen atoms in total. The van der Waals surface area contributed by atoms with Crippen molar-refractivity contribution in [3.63, 3.8) is 0 Å². The van der Waals surface area contributed by atoms with E-state index in [0.29, 0.717) is 5.82 Å². The smallest absolute Gasteiger partial charge is 0.356 e. The van der Waals surface area contributed by atoms with E-state index in [9.17, 15) is 4.79 Å². The first kappa shape index (κ1) is 11.6. The van der Waals surface area contributed by atoms with Crippen LogP contribution in [0.4, 0.5) is 0 Å². The van der Waals surface area contributed by atoms with Crippen molar-refractivity contribution in [2.75, 3.05) is 0 Å². The second-order valence-electron chi connectivity index (χ2n) is 3.80. The summed E-state index contributed by atoms with van der Waals surface area (Å²) in [5, 5.41) is 15.1. The highest BCUT2D eigenvalue weighted by atomic mass is 32.1. The number of hydrogen-bond donors (Lipinski definition) is 1. The van der Waals surface area contributed by atoms with Gasteiger partial charge in [-0.3, -0.25) is 0 Å². The molecule has 0 fully saturated rings. The Morgan fingerprint density at radius 3 is 2.79 bits per heavy atom. The van der Waals surface area contributed by atoms with E-state index in [1.165, 1.54) is 11.3 Å². The van der Waals surface area contributed by atoms with Gasteiger partial charge in [-0.15, -0.1) is 11.3 Å². The van der Waals surface area contributed by atoms with E-state index in [2.05, 4.69) is 10.1 Å². The summed E-state index contributed by atoms with van der Waals surface area (Å²) in [6.45, 7) is 0. The zero-order valence-corrected chi connectivity index (χ0v) is 10.5. The minimum Gasteiger partial charge on any atom is -0.476 e. The predicted octanol–water partition coefficient (Wildman–Crippen LogP) is 2.69.